The highest BCUT2D eigenvalue weighted by Gasteiger charge is 2.19. The van der Waals surface area contributed by atoms with Crippen molar-refractivity contribution in [2.24, 2.45) is 5.73 Å². The molecule has 114 valence electrons. The second-order valence-electron chi connectivity index (χ2n) is 4.71. The number of aliphatic hydroxyl groups is 1. The number of ether oxygens (including phenoxy) is 2. The van der Waals surface area contributed by atoms with Gasteiger partial charge in [0.2, 0.25) is 0 Å². The highest BCUT2D eigenvalue weighted by atomic mass is 16.5. The van der Waals surface area contributed by atoms with Gasteiger partial charge in [0.15, 0.2) is 0 Å². The molecule has 0 aliphatic carbocycles. The van der Waals surface area contributed by atoms with E-state index in [0.717, 1.165) is 23.5 Å². The lowest BCUT2D eigenvalue weighted by atomic mass is 10.0. The topological polar surface area (TPSA) is 68.0 Å². The second kappa shape index (κ2) is 8.79. The van der Waals surface area contributed by atoms with E-state index in [1.165, 1.54) is 0 Å². The Kier molecular flexibility index (Phi) is 7.36. The van der Waals surface area contributed by atoms with E-state index in [1.54, 1.807) is 7.11 Å². The van der Waals surface area contributed by atoms with Gasteiger partial charge in [0, 0.05) is 24.7 Å². The molecule has 1 aromatic carbocycles. The number of rotatable bonds is 9. The monoisotopic (exact) mass is 282 g/mol. The average Bonchev–Trinajstić information content (AvgIpc) is 2.47. The Morgan fingerprint density at radius 3 is 2.70 bits per heavy atom. The van der Waals surface area contributed by atoms with Crippen LogP contribution in [0.15, 0.2) is 18.2 Å². The average molecular weight is 282 g/mol. The van der Waals surface area contributed by atoms with E-state index in [-0.39, 0.29) is 12.6 Å². The lowest BCUT2D eigenvalue weighted by Gasteiger charge is -2.28. The molecular formula is C15H26N2O3. The van der Waals surface area contributed by atoms with Crippen molar-refractivity contribution in [3.8, 4) is 11.5 Å². The number of nitrogens with zero attached hydrogens (tertiary/aromatic N) is 1. The zero-order chi connectivity index (χ0) is 15.0. The van der Waals surface area contributed by atoms with E-state index >= 15 is 0 Å². The Morgan fingerprint density at radius 1 is 1.40 bits per heavy atom. The third-order valence-corrected chi connectivity index (χ3v) is 3.25. The standard InChI is InChI=1S/C15H26N2O3/c1-4-9-20-15-10-12(19-3)5-6-13(15)14(11-16)17(2)7-8-18/h5-6,10,14,18H,4,7-9,11,16H2,1-3H3. The van der Waals surface area contributed by atoms with Crippen LogP contribution >= 0.6 is 0 Å². The van der Waals surface area contributed by atoms with Gasteiger partial charge in [-0.05, 0) is 19.5 Å². The maximum atomic E-state index is 9.09. The number of hydrogen-bond acceptors (Lipinski definition) is 5. The lowest BCUT2D eigenvalue weighted by molar-refractivity contribution is 0.180. The lowest BCUT2D eigenvalue weighted by Crippen LogP contribution is -2.33. The van der Waals surface area contributed by atoms with Gasteiger partial charge < -0.3 is 20.3 Å². The first-order valence-corrected chi connectivity index (χ1v) is 6.99. The van der Waals surface area contributed by atoms with E-state index in [0.29, 0.717) is 19.7 Å². The van der Waals surface area contributed by atoms with Crippen molar-refractivity contribution >= 4 is 0 Å². The molecule has 0 bridgehead atoms. The van der Waals surface area contributed by atoms with Crippen molar-refractivity contribution < 1.29 is 14.6 Å². The first kappa shape index (κ1) is 16.8. The summed E-state index contributed by atoms with van der Waals surface area (Å²) in [6.07, 6.45) is 0.941. The second-order valence-corrected chi connectivity index (χ2v) is 4.71. The first-order chi connectivity index (χ1) is 9.67. The van der Waals surface area contributed by atoms with Crippen LogP contribution in [-0.4, -0.2) is 50.5 Å². The molecule has 0 fully saturated rings. The van der Waals surface area contributed by atoms with Gasteiger partial charge in [-0.1, -0.05) is 13.0 Å². The van der Waals surface area contributed by atoms with Crippen LogP contribution in [0.2, 0.25) is 0 Å². The molecule has 5 nitrogen and oxygen atoms in total. The van der Waals surface area contributed by atoms with Crippen molar-refractivity contribution in [1.82, 2.24) is 4.90 Å². The van der Waals surface area contributed by atoms with E-state index in [4.69, 9.17) is 20.3 Å². The summed E-state index contributed by atoms with van der Waals surface area (Å²) < 4.78 is 11.1. The molecule has 1 rings (SSSR count). The number of hydrogen-bond donors (Lipinski definition) is 2. The molecule has 0 radical (unpaired) electrons. The third-order valence-electron chi connectivity index (χ3n) is 3.25. The van der Waals surface area contributed by atoms with Crippen LogP contribution in [0.1, 0.15) is 24.9 Å². The molecule has 0 amide bonds. The highest BCUT2D eigenvalue weighted by Crippen LogP contribution is 2.32. The number of methoxy groups -OCH3 is 1. The Morgan fingerprint density at radius 2 is 2.15 bits per heavy atom. The fourth-order valence-corrected chi connectivity index (χ4v) is 2.11. The molecule has 1 unspecified atom stereocenters. The largest absolute Gasteiger partial charge is 0.497 e. The van der Waals surface area contributed by atoms with Gasteiger partial charge in [-0.25, -0.2) is 0 Å². The molecule has 20 heavy (non-hydrogen) atoms. The molecule has 3 N–H and O–H groups in total. The molecule has 1 aromatic rings. The Hall–Kier alpha value is -1.30. The van der Waals surface area contributed by atoms with E-state index in [2.05, 4.69) is 6.92 Å². The summed E-state index contributed by atoms with van der Waals surface area (Å²) in [6, 6.07) is 5.79. The number of aliphatic hydroxyl groups excluding tert-OH is 1. The Balaban J connectivity index is 3.05. The smallest absolute Gasteiger partial charge is 0.127 e. The summed E-state index contributed by atoms with van der Waals surface area (Å²) in [5.41, 5.74) is 6.92. The van der Waals surface area contributed by atoms with Crippen molar-refractivity contribution in [2.45, 2.75) is 19.4 Å². The number of benzene rings is 1. The van der Waals surface area contributed by atoms with E-state index in [1.807, 2.05) is 30.1 Å². The SMILES string of the molecule is CCCOc1cc(OC)ccc1C(CN)N(C)CCO. The van der Waals surface area contributed by atoms with Crippen LogP contribution in [0.3, 0.4) is 0 Å². The minimum atomic E-state index is 0.0138. The molecule has 0 aliphatic heterocycles. The molecular weight excluding hydrogens is 256 g/mol. The Bertz CT molecular complexity index is 399. The van der Waals surface area contributed by atoms with Gasteiger partial charge in [-0.15, -0.1) is 0 Å². The van der Waals surface area contributed by atoms with Crippen LogP contribution in [0.25, 0.3) is 0 Å². The summed E-state index contributed by atoms with van der Waals surface area (Å²) in [5.74, 6) is 1.56. The quantitative estimate of drug-likeness (QED) is 0.717. The van der Waals surface area contributed by atoms with Crippen molar-refractivity contribution in [1.29, 1.82) is 0 Å². The number of nitrogens with two attached hydrogens (primary N) is 1. The zero-order valence-electron chi connectivity index (χ0n) is 12.6. The maximum Gasteiger partial charge on any atom is 0.127 e. The minimum absolute atomic E-state index is 0.0138. The van der Waals surface area contributed by atoms with Crippen molar-refractivity contribution in [3.63, 3.8) is 0 Å². The maximum absolute atomic E-state index is 9.09. The summed E-state index contributed by atoms with van der Waals surface area (Å²) in [4.78, 5) is 2.03. The fraction of sp³-hybridized carbons (Fsp3) is 0.600. The predicted molar refractivity (Wildman–Crippen MR) is 80.3 cm³/mol. The van der Waals surface area contributed by atoms with Gasteiger partial charge in [0.05, 0.1) is 26.4 Å². The molecule has 5 heteroatoms. The molecule has 0 aromatic heterocycles. The van der Waals surface area contributed by atoms with Gasteiger partial charge in [0.25, 0.3) is 0 Å². The number of likely N-dealkylation sites (N-methyl/N-ethyl adjacent to an activating group) is 1. The van der Waals surface area contributed by atoms with Gasteiger partial charge in [-0.3, -0.25) is 4.90 Å². The normalized spacial score (nSPS) is 12.5. The molecule has 0 heterocycles. The van der Waals surface area contributed by atoms with Gasteiger partial charge in [-0.2, -0.15) is 0 Å². The van der Waals surface area contributed by atoms with E-state index < -0.39 is 0 Å². The Labute approximate surface area is 121 Å². The zero-order valence-corrected chi connectivity index (χ0v) is 12.6. The summed E-state index contributed by atoms with van der Waals surface area (Å²) >= 11 is 0. The fourth-order valence-electron chi connectivity index (χ4n) is 2.11. The van der Waals surface area contributed by atoms with Crippen LogP contribution in [0.4, 0.5) is 0 Å². The third kappa shape index (κ3) is 4.37. The van der Waals surface area contributed by atoms with Crippen molar-refractivity contribution in [2.75, 3.05) is 40.5 Å². The van der Waals surface area contributed by atoms with Crippen molar-refractivity contribution in [3.05, 3.63) is 23.8 Å². The highest BCUT2D eigenvalue weighted by molar-refractivity contribution is 5.42. The molecule has 0 aliphatic rings. The molecule has 0 saturated heterocycles. The van der Waals surface area contributed by atoms with Gasteiger partial charge in [0.1, 0.15) is 11.5 Å². The van der Waals surface area contributed by atoms with Crippen LogP contribution in [-0.2, 0) is 0 Å². The summed E-state index contributed by atoms with van der Waals surface area (Å²) in [6.45, 7) is 3.86. The molecule has 1 atom stereocenters. The van der Waals surface area contributed by atoms with Crippen LogP contribution in [0.5, 0.6) is 11.5 Å². The van der Waals surface area contributed by atoms with E-state index in [9.17, 15) is 0 Å². The predicted octanol–water partition coefficient (Wildman–Crippen LogP) is 1.41. The minimum Gasteiger partial charge on any atom is -0.497 e. The molecule has 0 saturated carbocycles. The first-order valence-electron chi connectivity index (χ1n) is 6.99. The molecule has 0 spiro atoms. The van der Waals surface area contributed by atoms with Crippen LogP contribution in [0, 0.1) is 0 Å². The summed E-state index contributed by atoms with van der Waals surface area (Å²) in [5, 5.41) is 9.09. The van der Waals surface area contributed by atoms with Gasteiger partial charge >= 0.3 is 0 Å². The summed E-state index contributed by atoms with van der Waals surface area (Å²) in [7, 11) is 3.58. The van der Waals surface area contributed by atoms with Crippen LogP contribution < -0.4 is 15.2 Å².